The van der Waals surface area contributed by atoms with Gasteiger partial charge in [-0.05, 0) is 41.2 Å². The van der Waals surface area contributed by atoms with E-state index >= 15 is 0 Å². The molecule has 0 saturated heterocycles. The molecule has 25 heavy (non-hydrogen) atoms. The van der Waals surface area contributed by atoms with Crippen molar-refractivity contribution in [3.8, 4) is 0 Å². The molecule has 0 spiro atoms. The van der Waals surface area contributed by atoms with Gasteiger partial charge in [-0.2, -0.15) is 0 Å². The van der Waals surface area contributed by atoms with E-state index in [0.717, 1.165) is 13.0 Å². The molecule has 0 fully saturated rings. The molecule has 0 aliphatic heterocycles. The first-order chi connectivity index (χ1) is 11.8. The first-order valence-electron chi connectivity index (χ1n) is 9.27. The van der Waals surface area contributed by atoms with E-state index in [1.165, 1.54) is 0 Å². The average Bonchev–Trinajstić information content (AvgIpc) is 2.53. The van der Waals surface area contributed by atoms with E-state index in [4.69, 9.17) is 0 Å². The number of hydrogen-bond donors (Lipinski definition) is 2. The van der Waals surface area contributed by atoms with Crippen molar-refractivity contribution in [2.75, 3.05) is 20.1 Å². The molecule has 0 aliphatic rings. The summed E-state index contributed by atoms with van der Waals surface area (Å²) < 4.78 is 0. The quantitative estimate of drug-likeness (QED) is 0.535. The summed E-state index contributed by atoms with van der Waals surface area (Å²) >= 11 is 0. The van der Waals surface area contributed by atoms with E-state index in [9.17, 15) is 4.79 Å². The molecule has 2 N–H and O–H groups in total. The van der Waals surface area contributed by atoms with Crippen LogP contribution in [0.4, 0.5) is 0 Å². The molecule has 0 aliphatic carbocycles. The highest BCUT2D eigenvalue weighted by Gasteiger charge is 2.36. The molecular weight excluding hydrogens is 308 g/mol. The van der Waals surface area contributed by atoms with Gasteiger partial charge in [-0.15, -0.1) is 0 Å². The summed E-state index contributed by atoms with van der Waals surface area (Å²) in [6.07, 6.45) is 17.5. The zero-order valence-electron chi connectivity index (χ0n) is 17.2. The number of carbonyl (C=O) groups is 1. The van der Waals surface area contributed by atoms with Gasteiger partial charge in [0.25, 0.3) is 0 Å². The molecule has 0 radical (unpaired) electrons. The van der Waals surface area contributed by atoms with Crippen LogP contribution in [-0.4, -0.2) is 26.0 Å². The van der Waals surface area contributed by atoms with Crippen LogP contribution in [0.25, 0.3) is 0 Å². The van der Waals surface area contributed by atoms with Crippen molar-refractivity contribution in [3.05, 3.63) is 48.6 Å². The molecule has 0 unspecified atom stereocenters. The maximum absolute atomic E-state index is 12.8. The lowest BCUT2D eigenvalue weighted by molar-refractivity contribution is -0.130. The zero-order chi connectivity index (χ0) is 19.3. The molecular formula is C22H38N2O. The van der Waals surface area contributed by atoms with Gasteiger partial charge in [-0.1, -0.05) is 62.5 Å². The Balaban J connectivity index is 5.20. The summed E-state index contributed by atoms with van der Waals surface area (Å²) in [4.78, 5) is 12.8. The van der Waals surface area contributed by atoms with Crippen LogP contribution >= 0.6 is 0 Å². The lowest BCUT2D eigenvalue weighted by Crippen LogP contribution is -2.43. The monoisotopic (exact) mass is 346 g/mol. The number of carbonyl (C=O) groups excluding carboxylic acids is 1. The van der Waals surface area contributed by atoms with Crippen molar-refractivity contribution in [1.29, 1.82) is 0 Å². The van der Waals surface area contributed by atoms with Gasteiger partial charge in [-0.25, -0.2) is 0 Å². The highest BCUT2D eigenvalue weighted by Crippen LogP contribution is 2.36. The summed E-state index contributed by atoms with van der Waals surface area (Å²) in [6.45, 7) is 13.5. The lowest BCUT2D eigenvalue weighted by atomic mass is 9.71. The average molecular weight is 347 g/mol. The van der Waals surface area contributed by atoms with Crippen LogP contribution < -0.4 is 10.6 Å². The van der Waals surface area contributed by atoms with Crippen molar-refractivity contribution in [1.82, 2.24) is 10.6 Å². The van der Waals surface area contributed by atoms with Crippen LogP contribution in [0.1, 0.15) is 48.0 Å². The van der Waals surface area contributed by atoms with Crippen LogP contribution in [0, 0.1) is 16.7 Å². The summed E-state index contributed by atoms with van der Waals surface area (Å²) in [6, 6.07) is 0. The fourth-order valence-electron chi connectivity index (χ4n) is 3.39. The molecule has 1 amide bonds. The number of nitrogens with one attached hydrogen (secondary N) is 2. The SMILES string of the molecule is CC=CC(C=CC)CNC(=O)C(C)(C)CC(C=CC)(C=CC)CNC. The van der Waals surface area contributed by atoms with Crippen molar-refractivity contribution < 1.29 is 4.79 Å². The fourth-order valence-corrected chi connectivity index (χ4v) is 3.39. The Morgan fingerprint density at radius 3 is 1.88 bits per heavy atom. The van der Waals surface area contributed by atoms with Crippen molar-refractivity contribution in [3.63, 3.8) is 0 Å². The van der Waals surface area contributed by atoms with Crippen molar-refractivity contribution in [2.24, 2.45) is 16.7 Å². The molecule has 142 valence electrons. The van der Waals surface area contributed by atoms with E-state index in [1.54, 1.807) is 0 Å². The largest absolute Gasteiger partial charge is 0.355 e. The number of rotatable bonds is 11. The second kappa shape index (κ2) is 11.9. The van der Waals surface area contributed by atoms with Crippen LogP contribution in [0.2, 0.25) is 0 Å². The first kappa shape index (κ1) is 23.4. The number of amides is 1. The van der Waals surface area contributed by atoms with Crippen LogP contribution in [-0.2, 0) is 4.79 Å². The predicted molar refractivity (Wildman–Crippen MR) is 111 cm³/mol. The van der Waals surface area contributed by atoms with Gasteiger partial charge < -0.3 is 10.6 Å². The Kier molecular flexibility index (Phi) is 11.1. The van der Waals surface area contributed by atoms with E-state index in [0.29, 0.717) is 6.54 Å². The Morgan fingerprint density at radius 2 is 1.48 bits per heavy atom. The number of allylic oxidation sites excluding steroid dienone is 4. The summed E-state index contributed by atoms with van der Waals surface area (Å²) in [7, 11) is 1.95. The Labute approximate surface area is 155 Å². The normalized spacial score (nSPS) is 16.9. The minimum absolute atomic E-state index is 0.0981. The second-order valence-corrected chi connectivity index (χ2v) is 7.25. The first-order valence-corrected chi connectivity index (χ1v) is 9.27. The van der Waals surface area contributed by atoms with Gasteiger partial charge in [0.15, 0.2) is 0 Å². The molecule has 0 aromatic rings. The van der Waals surface area contributed by atoms with Crippen molar-refractivity contribution in [2.45, 2.75) is 48.0 Å². The Hall–Kier alpha value is -1.61. The predicted octanol–water partition coefficient (Wildman–Crippen LogP) is 4.65. The molecule has 0 saturated carbocycles. The lowest BCUT2D eigenvalue weighted by Gasteiger charge is -2.35. The standard InChI is InChI=1S/C22H38N2O/c1-8-12-19(13-9-2)16-24-20(25)21(5,6)17-22(14-10-3,15-11-4)18-23-7/h8-15,19,23H,16-18H2,1-7H3,(H,24,25). The maximum Gasteiger partial charge on any atom is 0.225 e. The van der Waals surface area contributed by atoms with Gasteiger partial charge in [-0.3, -0.25) is 4.79 Å². The van der Waals surface area contributed by atoms with E-state index in [-0.39, 0.29) is 17.2 Å². The van der Waals surface area contributed by atoms with E-state index < -0.39 is 5.41 Å². The highest BCUT2D eigenvalue weighted by molar-refractivity contribution is 5.82. The molecule has 0 bridgehead atoms. The van der Waals surface area contributed by atoms with E-state index in [2.05, 4.69) is 47.1 Å². The third-order valence-corrected chi connectivity index (χ3v) is 4.27. The van der Waals surface area contributed by atoms with Crippen LogP contribution in [0.5, 0.6) is 0 Å². The van der Waals surface area contributed by atoms with Gasteiger partial charge in [0.2, 0.25) is 5.91 Å². The zero-order valence-corrected chi connectivity index (χ0v) is 17.2. The summed E-state index contributed by atoms with van der Waals surface area (Å²) in [5.41, 5.74) is -0.628. The fraction of sp³-hybridized carbons (Fsp3) is 0.591. The maximum atomic E-state index is 12.8. The minimum Gasteiger partial charge on any atom is -0.355 e. The minimum atomic E-state index is -0.466. The third kappa shape index (κ3) is 8.35. The molecule has 0 heterocycles. The number of hydrogen-bond acceptors (Lipinski definition) is 2. The van der Waals surface area contributed by atoms with Crippen LogP contribution in [0.15, 0.2) is 48.6 Å². The highest BCUT2D eigenvalue weighted by atomic mass is 16.2. The molecule has 3 heteroatoms. The van der Waals surface area contributed by atoms with Gasteiger partial charge in [0.1, 0.15) is 0 Å². The van der Waals surface area contributed by atoms with Gasteiger partial charge in [0.05, 0.1) is 0 Å². The molecule has 3 nitrogen and oxygen atoms in total. The molecule has 0 rings (SSSR count). The summed E-state index contributed by atoms with van der Waals surface area (Å²) in [5, 5.41) is 6.40. The topological polar surface area (TPSA) is 41.1 Å². The van der Waals surface area contributed by atoms with Gasteiger partial charge in [0, 0.05) is 29.8 Å². The summed E-state index contributed by atoms with van der Waals surface area (Å²) in [5.74, 6) is 0.337. The molecule has 0 aromatic heterocycles. The van der Waals surface area contributed by atoms with Crippen LogP contribution in [0.3, 0.4) is 0 Å². The van der Waals surface area contributed by atoms with Gasteiger partial charge >= 0.3 is 0 Å². The van der Waals surface area contributed by atoms with E-state index in [1.807, 2.05) is 60.7 Å². The molecule has 0 atom stereocenters. The smallest absolute Gasteiger partial charge is 0.225 e. The van der Waals surface area contributed by atoms with Crippen molar-refractivity contribution >= 4 is 5.91 Å². The second-order valence-electron chi connectivity index (χ2n) is 7.25. The third-order valence-electron chi connectivity index (χ3n) is 4.27. The Morgan fingerprint density at radius 1 is 0.960 bits per heavy atom. The molecule has 0 aromatic carbocycles. The Bertz CT molecular complexity index is 474.